The van der Waals surface area contributed by atoms with Crippen LogP contribution in [0.2, 0.25) is 0 Å². The van der Waals surface area contributed by atoms with Gasteiger partial charge in [-0.2, -0.15) is 0 Å². The number of urea groups is 1. The second-order valence-electron chi connectivity index (χ2n) is 8.63. The number of imide groups is 1. The van der Waals surface area contributed by atoms with Gasteiger partial charge in [0, 0.05) is 5.54 Å². The summed E-state index contributed by atoms with van der Waals surface area (Å²) in [5.41, 5.74) is -0.126. The lowest BCUT2D eigenvalue weighted by Gasteiger charge is -2.56. The minimum atomic E-state index is -0.557. The van der Waals surface area contributed by atoms with Gasteiger partial charge in [0.15, 0.2) is 6.61 Å². The van der Waals surface area contributed by atoms with E-state index in [0.717, 1.165) is 43.4 Å². The van der Waals surface area contributed by atoms with Gasteiger partial charge in [-0.15, -0.1) is 0 Å². The van der Waals surface area contributed by atoms with Crippen molar-refractivity contribution in [2.24, 2.45) is 29.6 Å². The Morgan fingerprint density at radius 2 is 1.54 bits per heavy atom. The van der Waals surface area contributed by atoms with Crippen LogP contribution in [0.4, 0.5) is 4.79 Å². The highest BCUT2D eigenvalue weighted by atomic mass is 16.5. The average Bonchev–Trinajstić information content (AvgIpc) is 3.19. The zero-order valence-corrected chi connectivity index (χ0v) is 14.2. The van der Waals surface area contributed by atoms with Gasteiger partial charge in [0.2, 0.25) is 0 Å². The predicted molar refractivity (Wildman–Crippen MR) is 85.8 cm³/mol. The number of esters is 1. The Morgan fingerprint density at radius 1 is 1.00 bits per heavy atom. The minimum absolute atomic E-state index is 0.0707. The van der Waals surface area contributed by atoms with Crippen molar-refractivity contribution in [2.45, 2.75) is 57.4 Å². The van der Waals surface area contributed by atoms with E-state index < -0.39 is 11.9 Å². The third-order valence-electron chi connectivity index (χ3n) is 6.43. The molecule has 5 fully saturated rings. The second kappa shape index (κ2) is 5.74. The molecule has 2 atom stereocenters. The number of nitrogens with one attached hydrogen (secondary N) is 2. The molecule has 0 heterocycles. The monoisotopic (exact) mass is 334 g/mol. The lowest BCUT2D eigenvalue weighted by atomic mass is 9.53. The van der Waals surface area contributed by atoms with E-state index in [4.69, 9.17) is 4.74 Å². The molecule has 6 nitrogen and oxygen atoms in total. The van der Waals surface area contributed by atoms with E-state index in [2.05, 4.69) is 10.6 Å². The topological polar surface area (TPSA) is 84.5 Å². The zero-order chi connectivity index (χ0) is 16.9. The maximum Gasteiger partial charge on any atom is 0.321 e. The van der Waals surface area contributed by atoms with Crippen LogP contribution in [0, 0.1) is 29.6 Å². The molecule has 5 aliphatic carbocycles. The second-order valence-corrected chi connectivity index (χ2v) is 8.63. The van der Waals surface area contributed by atoms with Crippen LogP contribution in [0.1, 0.15) is 51.9 Å². The van der Waals surface area contributed by atoms with Crippen LogP contribution in [-0.4, -0.2) is 30.1 Å². The van der Waals surface area contributed by atoms with E-state index in [9.17, 15) is 14.4 Å². The van der Waals surface area contributed by atoms with Crippen LogP contribution in [0.25, 0.3) is 0 Å². The third-order valence-corrected chi connectivity index (χ3v) is 6.43. The van der Waals surface area contributed by atoms with E-state index in [1.54, 1.807) is 0 Å². The van der Waals surface area contributed by atoms with Gasteiger partial charge in [-0.25, -0.2) is 4.79 Å². The van der Waals surface area contributed by atoms with Crippen molar-refractivity contribution in [3.8, 4) is 0 Å². The summed E-state index contributed by atoms with van der Waals surface area (Å²) in [5.74, 6) is 1.58. The molecule has 0 unspecified atom stereocenters. The van der Waals surface area contributed by atoms with E-state index in [1.807, 2.05) is 6.92 Å². The summed E-state index contributed by atoms with van der Waals surface area (Å²) in [7, 11) is 0. The Hall–Kier alpha value is -1.59. The number of carbonyl (C=O) groups is 3. The molecule has 24 heavy (non-hydrogen) atoms. The fourth-order valence-corrected chi connectivity index (χ4v) is 5.59. The number of rotatable bonds is 4. The summed E-state index contributed by atoms with van der Waals surface area (Å²) >= 11 is 0. The van der Waals surface area contributed by atoms with Gasteiger partial charge in [0.1, 0.15) is 0 Å². The van der Waals surface area contributed by atoms with Gasteiger partial charge in [-0.1, -0.05) is 6.92 Å². The van der Waals surface area contributed by atoms with E-state index in [1.165, 1.54) is 19.3 Å². The summed E-state index contributed by atoms with van der Waals surface area (Å²) in [5, 5.41) is 5.39. The molecule has 0 aromatic carbocycles. The lowest BCUT2D eigenvalue weighted by molar-refractivity contribution is -0.149. The highest BCUT2D eigenvalue weighted by molar-refractivity contribution is 5.96. The standard InChI is InChI=1S/C18H26N2O4/c1-10-2-14(10)16(22)24-9-15(21)19-17(23)20-18-6-11-3-12(7-18)5-13(4-11)8-18/h10-14H,2-9H2,1H3,(H2,19,20,21,23)/t10-,11?,12?,13?,14-,18?/m1/s1. The summed E-state index contributed by atoms with van der Waals surface area (Å²) < 4.78 is 4.96. The van der Waals surface area contributed by atoms with Crippen LogP contribution in [0.15, 0.2) is 0 Å². The number of amides is 3. The van der Waals surface area contributed by atoms with Crippen LogP contribution in [0.5, 0.6) is 0 Å². The van der Waals surface area contributed by atoms with Crippen molar-refractivity contribution < 1.29 is 19.1 Å². The van der Waals surface area contributed by atoms with Gasteiger partial charge in [0.05, 0.1) is 5.92 Å². The minimum Gasteiger partial charge on any atom is -0.455 e. The van der Waals surface area contributed by atoms with Crippen molar-refractivity contribution in [3.05, 3.63) is 0 Å². The highest BCUT2D eigenvalue weighted by Gasteiger charge is 2.51. The summed E-state index contributed by atoms with van der Waals surface area (Å²) in [6.45, 7) is 1.60. The number of hydrogen-bond acceptors (Lipinski definition) is 4. The third kappa shape index (κ3) is 3.15. The first-order chi connectivity index (χ1) is 11.4. The molecule has 3 amide bonds. The SMILES string of the molecule is C[C@@H]1C[C@H]1C(=O)OCC(=O)NC(=O)NC12CC3CC(CC(C3)C1)C2. The highest BCUT2D eigenvalue weighted by Crippen LogP contribution is 2.55. The quantitative estimate of drug-likeness (QED) is 0.770. The molecule has 5 saturated carbocycles. The molecule has 6 heteroatoms. The summed E-state index contributed by atoms with van der Waals surface area (Å²) in [4.78, 5) is 35.6. The van der Waals surface area contributed by atoms with Crippen molar-refractivity contribution in [3.63, 3.8) is 0 Å². The molecule has 5 aliphatic rings. The maximum absolute atomic E-state index is 12.2. The van der Waals surface area contributed by atoms with Crippen molar-refractivity contribution in [1.82, 2.24) is 10.6 Å². The molecular weight excluding hydrogens is 308 g/mol. The molecule has 132 valence electrons. The molecular formula is C18H26N2O4. The first-order valence-corrected chi connectivity index (χ1v) is 9.21. The molecule has 0 aromatic rings. The smallest absolute Gasteiger partial charge is 0.321 e. The van der Waals surface area contributed by atoms with Crippen LogP contribution < -0.4 is 10.6 Å². The molecule has 0 aromatic heterocycles. The largest absolute Gasteiger partial charge is 0.455 e. The first-order valence-electron chi connectivity index (χ1n) is 9.21. The van der Waals surface area contributed by atoms with Gasteiger partial charge >= 0.3 is 12.0 Å². The number of hydrogen-bond donors (Lipinski definition) is 2. The van der Waals surface area contributed by atoms with E-state index >= 15 is 0 Å². The summed E-state index contributed by atoms with van der Waals surface area (Å²) in [6.07, 6.45) is 7.84. The fourth-order valence-electron chi connectivity index (χ4n) is 5.59. The average molecular weight is 334 g/mol. The Bertz CT molecular complexity index is 538. The van der Waals surface area contributed by atoms with E-state index in [0.29, 0.717) is 5.92 Å². The zero-order valence-electron chi connectivity index (χ0n) is 14.2. The van der Waals surface area contributed by atoms with Gasteiger partial charge in [-0.3, -0.25) is 14.9 Å². The lowest BCUT2D eigenvalue weighted by Crippen LogP contribution is -2.62. The Balaban J connectivity index is 1.24. The van der Waals surface area contributed by atoms with Crippen LogP contribution in [0.3, 0.4) is 0 Å². The maximum atomic E-state index is 12.2. The van der Waals surface area contributed by atoms with Crippen LogP contribution >= 0.6 is 0 Å². The first kappa shape index (κ1) is 15.9. The van der Waals surface area contributed by atoms with Gasteiger partial charge in [0.25, 0.3) is 5.91 Å². The Kier molecular flexibility index (Phi) is 3.81. The Labute approximate surface area is 142 Å². The van der Waals surface area contributed by atoms with Crippen molar-refractivity contribution in [1.29, 1.82) is 0 Å². The molecule has 0 radical (unpaired) electrons. The number of carbonyl (C=O) groups excluding carboxylic acids is 3. The molecule has 0 saturated heterocycles. The normalized spacial score (nSPS) is 41.6. The Morgan fingerprint density at radius 3 is 2.04 bits per heavy atom. The molecule has 0 aliphatic heterocycles. The number of ether oxygens (including phenoxy) is 1. The van der Waals surface area contributed by atoms with E-state index in [-0.39, 0.29) is 24.0 Å². The molecule has 0 spiro atoms. The van der Waals surface area contributed by atoms with Gasteiger partial charge < -0.3 is 10.1 Å². The molecule has 4 bridgehead atoms. The summed E-state index contributed by atoms with van der Waals surface area (Å²) in [6, 6.07) is -0.446. The predicted octanol–water partition coefficient (Wildman–Crippen LogP) is 1.98. The fraction of sp³-hybridized carbons (Fsp3) is 0.833. The van der Waals surface area contributed by atoms with Gasteiger partial charge in [-0.05, 0) is 68.6 Å². The van der Waals surface area contributed by atoms with Crippen molar-refractivity contribution in [2.75, 3.05) is 6.61 Å². The van der Waals surface area contributed by atoms with Crippen LogP contribution in [-0.2, 0) is 14.3 Å². The van der Waals surface area contributed by atoms with Crippen molar-refractivity contribution >= 4 is 17.9 Å². The molecule has 5 rings (SSSR count). The molecule has 2 N–H and O–H groups in total.